The van der Waals surface area contributed by atoms with E-state index in [0.717, 1.165) is 16.6 Å². The lowest BCUT2D eigenvalue weighted by atomic mass is 9.73. The van der Waals surface area contributed by atoms with Gasteiger partial charge in [-0.1, -0.05) is 44.9 Å². The van der Waals surface area contributed by atoms with Crippen LogP contribution in [-0.2, 0) is 6.42 Å². The fourth-order valence-corrected chi connectivity index (χ4v) is 3.10. The summed E-state index contributed by atoms with van der Waals surface area (Å²) in [5.74, 6) is 0. The van der Waals surface area contributed by atoms with Gasteiger partial charge < -0.3 is 5.32 Å². The van der Waals surface area contributed by atoms with Crippen molar-refractivity contribution < 1.29 is 0 Å². The van der Waals surface area contributed by atoms with E-state index in [0.29, 0.717) is 11.5 Å². The molecule has 2 rings (SSSR count). The number of hydrogen-bond acceptors (Lipinski definition) is 4. The molecule has 0 saturated heterocycles. The molecule has 4 heteroatoms. The molecule has 1 aromatic heterocycles. The predicted molar refractivity (Wildman–Crippen MR) is 68.9 cm³/mol. The highest BCUT2D eigenvalue weighted by atomic mass is 32.1. The standard InChI is InChI=1S/C12H21N3S/c1-4-10-14-15-11(16-10)13-9-7-5-6-8-12(9,2)3/h9H,4-8H2,1-3H3,(H,13,15). The SMILES string of the molecule is CCc1nnc(NC2CCCCC2(C)C)s1. The molecule has 1 fully saturated rings. The fourth-order valence-electron chi connectivity index (χ4n) is 2.37. The Labute approximate surface area is 102 Å². The molecule has 16 heavy (non-hydrogen) atoms. The second-order valence-corrected chi connectivity index (χ2v) is 6.35. The molecule has 1 aliphatic rings. The molecule has 1 aliphatic carbocycles. The first kappa shape index (κ1) is 11.8. The summed E-state index contributed by atoms with van der Waals surface area (Å²) >= 11 is 1.69. The molecule has 0 amide bonds. The maximum atomic E-state index is 4.20. The topological polar surface area (TPSA) is 37.8 Å². The summed E-state index contributed by atoms with van der Waals surface area (Å²) < 4.78 is 0. The van der Waals surface area contributed by atoms with Crippen LogP contribution in [0.1, 0.15) is 51.5 Å². The fraction of sp³-hybridized carbons (Fsp3) is 0.833. The third kappa shape index (κ3) is 2.54. The minimum Gasteiger partial charge on any atom is -0.357 e. The number of rotatable bonds is 3. The Hall–Kier alpha value is -0.640. The molecule has 0 bridgehead atoms. The zero-order valence-corrected chi connectivity index (χ0v) is 11.2. The van der Waals surface area contributed by atoms with Crippen LogP contribution in [0.15, 0.2) is 0 Å². The van der Waals surface area contributed by atoms with Crippen LogP contribution in [0.3, 0.4) is 0 Å². The summed E-state index contributed by atoms with van der Waals surface area (Å²) in [7, 11) is 0. The van der Waals surface area contributed by atoms with Crippen LogP contribution in [0.2, 0.25) is 0 Å². The monoisotopic (exact) mass is 239 g/mol. The second-order valence-electron chi connectivity index (χ2n) is 5.29. The molecular formula is C12H21N3S. The maximum Gasteiger partial charge on any atom is 0.205 e. The summed E-state index contributed by atoms with van der Waals surface area (Å²) in [6, 6.07) is 0.555. The largest absolute Gasteiger partial charge is 0.357 e. The van der Waals surface area contributed by atoms with Gasteiger partial charge in [-0.25, -0.2) is 0 Å². The third-order valence-electron chi connectivity index (χ3n) is 3.57. The summed E-state index contributed by atoms with van der Waals surface area (Å²) in [4.78, 5) is 0. The van der Waals surface area contributed by atoms with E-state index in [-0.39, 0.29) is 0 Å². The summed E-state index contributed by atoms with van der Waals surface area (Å²) in [5, 5.41) is 14.0. The van der Waals surface area contributed by atoms with Crippen LogP contribution < -0.4 is 5.32 Å². The molecule has 0 aromatic carbocycles. The highest BCUT2D eigenvalue weighted by Crippen LogP contribution is 2.37. The van der Waals surface area contributed by atoms with Gasteiger partial charge in [-0.3, -0.25) is 0 Å². The molecule has 1 N–H and O–H groups in total. The van der Waals surface area contributed by atoms with Crippen molar-refractivity contribution in [2.45, 2.75) is 58.9 Å². The van der Waals surface area contributed by atoms with Crippen LogP contribution in [0, 0.1) is 5.41 Å². The highest BCUT2D eigenvalue weighted by Gasteiger charge is 2.32. The Morgan fingerprint density at radius 3 is 2.81 bits per heavy atom. The second kappa shape index (κ2) is 4.70. The molecule has 1 aromatic rings. The molecule has 1 unspecified atom stereocenters. The molecule has 1 heterocycles. The zero-order valence-electron chi connectivity index (χ0n) is 10.4. The molecule has 1 saturated carbocycles. The highest BCUT2D eigenvalue weighted by molar-refractivity contribution is 7.15. The zero-order chi connectivity index (χ0) is 11.6. The lowest BCUT2D eigenvalue weighted by Crippen LogP contribution is -2.38. The van der Waals surface area contributed by atoms with Gasteiger partial charge >= 0.3 is 0 Å². The van der Waals surface area contributed by atoms with E-state index in [1.54, 1.807) is 11.3 Å². The normalized spacial score (nSPS) is 24.3. The summed E-state index contributed by atoms with van der Waals surface area (Å²) in [5.41, 5.74) is 0.385. The van der Waals surface area contributed by atoms with E-state index < -0.39 is 0 Å². The molecule has 0 spiro atoms. The first-order chi connectivity index (χ1) is 7.62. The van der Waals surface area contributed by atoms with Gasteiger partial charge in [-0.15, -0.1) is 10.2 Å². The molecule has 90 valence electrons. The minimum atomic E-state index is 0.385. The predicted octanol–water partition coefficient (Wildman–Crippen LogP) is 3.48. The Bertz CT molecular complexity index is 346. The van der Waals surface area contributed by atoms with Gasteiger partial charge in [0.05, 0.1) is 0 Å². The smallest absolute Gasteiger partial charge is 0.205 e. The van der Waals surface area contributed by atoms with Gasteiger partial charge in [0.15, 0.2) is 0 Å². The van der Waals surface area contributed by atoms with Crippen molar-refractivity contribution >= 4 is 16.5 Å². The molecule has 0 aliphatic heterocycles. The van der Waals surface area contributed by atoms with Crippen LogP contribution in [0.5, 0.6) is 0 Å². The average Bonchev–Trinajstić information content (AvgIpc) is 2.69. The minimum absolute atomic E-state index is 0.385. The molecular weight excluding hydrogens is 218 g/mol. The quantitative estimate of drug-likeness (QED) is 0.877. The van der Waals surface area contributed by atoms with Gasteiger partial charge in [0.25, 0.3) is 0 Å². The lowest BCUT2D eigenvalue weighted by molar-refractivity contribution is 0.217. The van der Waals surface area contributed by atoms with Crippen LogP contribution in [0.4, 0.5) is 5.13 Å². The van der Waals surface area contributed by atoms with Gasteiger partial charge in [-0.05, 0) is 24.7 Å². The van der Waals surface area contributed by atoms with Gasteiger partial charge in [-0.2, -0.15) is 0 Å². The third-order valence-corrected chi connectivity index (χ3v) is 4.57. The first-order valence-corrected chi connectivity index (χ1v) is 7.02. The van der Waals surface area contributed by atoms with Gasteiger partial charge in [0.1, 0.15) is 5.01 Å². The van der Waals surface area contributed by atoms with Crippen molar-refractivity contribution in [2.24, 2.45) is 5.41 Å². The Morgan fingerprint density at radius 2 is 2.19 bits per heavy atom. The van der Waals surface area contributed by atoms with Crippen molar-refractivity contribution in [3.05, 3.63) is 5.01 Å². The Kier molecular flexibility index (Phi) is 3.47. The van der Waals surface area contributed by atoms with E-state index in [9.17, 15) is 0 Å². The number of anilines is 1. The number of nitrogens with one attached hydrogen (secondary N) is 1. The van der Waals surface area contributed by atoms with Crippen molar-refractivity contribution in [1.29, 1.82) is 0 Å². The van der Waals surface area contributed by atoms with E-state index in [4.69, 9.17) is 0 Å². The van der Waals surface area contributed by atoms with E-state index in [1.165, 1.54) is 25.7 Å². The van der Waals surface area contributed by atoms with Gasteiger partial charge in [0, 0.05) is 6.04 Å². The van der Waals surface area contributed by atoms with Gasteiger partial charge in [0.2, 0.25) is 5.13 Å². The first-order valence-electron chi connectivity index (χ1n) is 6.21. The maximum absolute atomic E-state index is 4.20. The van der Waals surface area contributed by atoms with E-state index in [2.05, 4.69) is 36.3 Å². The Balaban J connectivity index is 2.02. The number of aromatic nitrogens is 2. The summed E-state index contributed by atoms with van der Waals surface area (Å²) in [6.45, 7) is 6.83. The number of hydrogen-bond donors (Lipinski definition) is 1. The number of nitrogens with zero attached hydrogens (tertiary/aromatic N) is 2. The summed E-state index contributed by atoms with van der Waals surface area (Å²) in [6.07, 6.45) is 6.24. The van der Waals surface area contributed by atoms with Crippen molar-refractivity contribution in [3.63, 3.8) is 0 Å². The molecule has 0 radical (unpaired) electrons. The van der Waals surface area contributed by atoms with Crippen LogP contribution in [0.25, 0.3) is 0 Å². The molecule has 1 atom stereocenters. The van der Waals surface area contributed by atoms with E-state index >= 15 is 0 Å². The van der Waals surface area contributed by atoms with Crippen molar-refractivity contribution in [3.8, 4) is 0 Å². The van der Waals surface area contributed by atoms with E-state index in [1.807, 2.05) is 0 Å². The van der Waals surface area contributed by atoms with Crippen LogP contribution >= 0.6 is 11.3 Å². The lowest BCUT2D eigenvalue weighted by Gasteiger charge is -2.38. The van der Waals surface area contributed by atoms with Crippen LogP contribution in [-0.4, -0.2) is 16.2 Å². The average molecular weight is 239 g/mol. The van der Waals surface area contributed by atoms with Crippen molar-refractivity contribution in [1.82, 2.24) is 10.2 Å². The Morgan fingerprint density at radius 1 is 1.38 bits per heavy atom. The number of aryl methyl sites for hydroxylation is 1. The van der Waals surface area contributed by atoms with Crippen molar-refractivity contribution in [2.75, 3.05) is 5.32 Å². The molecule has 3 nitrogen and oxygen atoms in total.